The molecule has 2 aromatic rings. The number of benzene rings is 1. The molecule has 2 rings (SSSR count). The predicted octanol–water partition coefficient (Wildman–Crippen LogP) is 4.33. The Morgan fingerprint density at radius 1 is 1.21 bits per heavy atom. The van der Waals surface area contributed by atoms with Crippen LogP contribution in [0.4, 0.5) is 0 Å². The average Bonchev–Trinajstić information content (AvgIpc) is 2.46. The Labute approximate surface area is 129 Å². The predicted molar refractivity (Wildman–Crippen MR) is 81.9 cm³/mol. The van der Waals surface area contributed by atoms with Crippen LogP contribution < -0.4 is 9.47 Å². The molecule has 0 spiro atoms. The number of hydrogen-bond acceptors (Lipinski definition) is 3. The van der Waals surface area contributed by atoms with E-state index in [4.69, 9.17) is 9.47 Å². The molecule has 0 unspecified atom stereocenters. The van der Waals surface area contributed by atoms with Gasteiger partial charge in [-0.2, -0.15) is 0 Å². The maximum Gasteiger partial charge on any atom is 0.213 e. The lowest BCUT2D eigenvalue weighted by Gasteiger charge is -2.09. The third-order valence-corrected chi connectivity index (χ3v) is 3.78. The van der Waals surface area contributed by atoms with E-state index in [0.717, 1.165) is 21.2 Å². The fourth-order valence-corrected chi connectivity index (χ4v) is 2.44. The maximum absolute atomic E-state index is 5.74. The molecular weight excluding hydrogens is 374 g/mol. The summed E-state index contributed by atoms with van der Waals surface area (Å²) in [5, 5.41) is 0.823. The maximum atomic E-state index is 5.74. The molecule has 1 aromatic carbocycles. The Morgan fingerprint density at radius 3 is 2.74 bits per heavy atom. The summed E-state index contributed by atoms with van der Waals surface area (Å²) in [5.74, 6) is 1.39. The van der Waals surface area contributed by atoms with Crippen LogP contribution in [0.5, 0.6) is 11.6 Å². The van der Waals surface area contributed by atoms with Crippen LogP contribution in [0.3, 0.4) is 0 Å². The van der Waals surface area contributed by atoms with Gasteiger partial charge in [0.15, 0.2) is 0 Å². The molecule has 0 N–H and O–H groups in total. The second-order valence-corrected chi connectivity index (χ2v) is 5.27. The van der Waals surface area contributed by atoms with Crippen molar-refractivity contribution >= 4 is 31.9 Å². The summed E-state index contributed by atoms with van der Waals surface area (Å²) in [6.07, 6.45) is 0. The van der Waals surface area contributed by atoms with Gasteiger partial charge in [0.05, 0.1) is 17.3 Å². The molecule has 0 fully saturated rings. The topological polar surface area (TPSA) is 31.4 Å². The first kappa shape index (κ1) is 14.3. The number of rotatable bonds is 5. The van der Waals surface area contributed by atoms with Gasteiger partial charge >= 0.3 is 0 Å². The molecule has 0 radical (unpaired) electrons. The summed E-state index contributed by atoms with van der Waals surface area (Å²) in [7, 11) is 1.60. The minimum atomic E-state index is 0.406. The number of halogens is 2. The van der Waals surface area contributed by atoms with Crippen molar-refractivity contribution in [2.75, 3.05) is 7.11 Å². The van der Waals surface area contributed by atoms with Crippen molar-refractivity contribution in [1.29, 1.82) is 0 Å². The van der Waals surface area contributed by atoms with Gasteiger partial charge in [-0.05, 0) is 39.7 Å². The lowest BCUT2D eigenvalue weighted by atomic mass is 10.2. The van der Waals surface area contributed by atoms with Crippen LogP contribution in [0.2, 0.25) is 0 Å². The van der Waals surface area contributed by atoms with Crippen LogP contribution in [0.1, 0.15) is 11.3 Å². The van der Waals surface area contributed by atoms with Crippen molar-refractivity contribution in [2.24, 2.45) is 0 Å². The first-order valence-corrected chi connectivity index (χ1v) is 7.61. The van der Waals surface area contributed by atoms with E-state index in [1.807, 2.05) is 36.4 Å². The lowest BCUT2D eigenvalue weighted by molar-refractivity contribution is 0.296. The standard InChI is InChI=1S/C14H13Br2NO2/c1-18-14-4-2-3-11(17-14)9-19-13-6-5-10(8-15)7-12(13)16/h2-7H,8-9H2,1H3. The molecule has 1 aromatic heterocycles. The monoisotopic (exact) mass is 385 g/mol. The number of hydrogen-bond donors (Lipinski definition) is 0. The Kier molecular flexibility index (Phi) is 5.22. The van der Waals surface area contributed by atoms with Crippen LogP contribution in [-0.4, -0.2) is 12.1 Å². The Hall–Kier alpha value is -1.07. The SMILES string of the molecule is COc1cccc(COc2ccc(CBr)cc2Br)n1. The highest BCUT2D eigenvalue weighted by atomic mass is 79.9. The molecule has 0 saturated carbocycles. The Balaban J connectivity index is 2.05. The highest BCUT2D eigenvalue weighted by Crippen LogP contribution is 2.27. The van der Waals surface area contributed by atoms with E-state index >= 15 is 0 Å². The molecule has 0 atom stereocenters. The van der Waals surface area contributed by atoms with Crippen LogP contribution in [0, 0.1) is 0 Å². The molecule has 3 nitrogen and oxygen atoms in total. The summed E-state index contributed by atoms with van der Waals surface area (Å²) in [4.78, 5) is 4.30. The van der Waals surface area contributed by atoms with Crippen LogP contribution in [-0.2, 0) is 11.9 Å². The summed E-state index contributed by atoms with van der Waals surface area (Å²) in [6, 6.07) is 11.6. The number of ether oxygens (including phenoxy) is 2. The molecular formula is C14H13Br2NO2. The van der Waals surface area contributed by atoms with Gasteiger partial charge in [-0.1, -0.05) is 28.1 Å². The number of alkyl halides is 1. The summed E-state index contributed by atoms with van der Waals surface area (Å²) >= 11 is 6.92. The van der Waals surface area contributed by atoms with Gasteiger partial charge in [-0.25, -0.2) is 4.98 Å². The van der Waals surface area contributed by atoms with E-state index in [1.54, 1.807) is 7.11 Å². The van der Waals surface area contributed by atoms with Crippen molar-refractivity contribution in [1.82, 2.24) is 4.98 Å². The molecule has 0 bridgehead atoms. The Morgan fingerprint density at radius 2 is 2.05 bits per heavy atom. The minimum absolute atomic E-state index is 0.406. The summed E-state index contributed by atoms with van der Waals surface area (Å²) < 4.78 is 11.8. The fourth-order valence-electron chi connectivity index (χ4n) is 1.55. The molecule has 0 amide bonds. The molecule has 5 heteroatoms. The molecule has 0 aliphatic carbocycles. The van der Waals surface area contributed by atoms with E-state index < -0.39 is 0 Å². The smallest absolute Gasteiger partial charge is 0.213 e. The van der Waals surface area contributed by atoms with E-state index in [2.05, 4.69) is 36.8 Å². The van der Waals surface area contributed by atoms with Crippen LogP contribution >= 0.6 is 31.9 Å². The van der Waals surface area contributed by atoms with Gasteiger partial charge in [0.2, 0.25) is 5.88 Å². The van der Waals surface area contributed by atoms with Crippen LogP contribution in [0.25, 0.3) is 0 Å². The second kappa shape index (κ2) is 6.91. The van der Waals surface area contributed by atoms with E-state index in [0.29, 0.717) is 12.5 Å². The minimum Gasteiger partial charge on any atom is -0.486 e. The third kappa shape index (κ3) is 3.94. The number of nitrogens with zero attached hydrogens (tertiary/aromatic N) is 1. The zero-order valence-electron chi connectivity index (χ0n) is 10.4. The van der Waals surface area contributed by atoms with Crippen molar-refractivity contribution in [3.63, 3.8) is 0 Å². The van der Waals surface area contributed by atoms with Crippen LogP contribution in [0.15, 0.2) is 40.9 Å². The zero-order chi connectivity index (χ0) is 13.7. The van der Waals surface area contributed by atoms with Gasteiger partial charge in [-0.3, -0.25) is 0 Å². The van der Waals surface area contributed by atoms with E-state index in [1.165, 1.54) is 5.56 Å². The van der Waals surface area contributed by atoms with Gasteiger partial charge in [0, 0.05) is 11.4 Å². The fraction of sp³-hybridized carbons (Fsp3) is 0.214. The van der Waals surface area contributed by atoms with E-state index in [-0.39, 0.29) is 0 Å². The molecule has 0 saturated heterocycles. The number of methoxy groups -OCH3 is 1. The summed E-state index contributed by atoms with van der Waals surface area (Å²) in [6.45, 7) is 0.406. The normalized spacial score (nSPS) is 10.3. The van der Waals surface area contributed by atoms with Gasteiger partial charge in [0.1, 0.15) is 12.4 Å². The van der Waals surface area contributed by atoms with Gasteiger partial charge in [-0.15, -0.1) is 0 Å². The molecule has 1 heterocycles. The lowest BCUT2D eigenvalue weighted by Crippen LogP contribution is -2.00. The molecule has 100 valence electrons. The molecule has 0 aliphatic heterocycles. The zero-order valence-corrected chi connectivity index (χ0v) is 13.6. The highest BCUT2D eigenvalue weighted by molar-refractivity contribution is 9.10. The first-order chi connectivity index (χ1) is 9.22. The third-order valence-electron chi connectivity index (χ3n) is 2.52. The second-order valence-electron chi connectivity index (χ2n) is 3.86. The van der Waals surface area contributed by atoms with E-state index in [9.17, 15) is 0 Å². The number of aromatic nitrogens is 1. The van der Waals surface area contributed by atoms with Crippen molar-refractivity contribution in [3.05, 3.63) is 52.1 Å². The summed E-state index contributed by atoms with van der Waals surface area (Å²) in [5.41, 5.74) is 2.02. The van der Waals surface area contributed by atoms with Crippen molar-refractivity contribution in [2.45, 2.75) is 11.9 Å². The van der Waals surface area contributed by atoms with Crippen molar-refractivity contribution in [3.8, 4) is 11.6 Å². The number of pyridine rings is 1. The quantitative estimate of drug-likeness (QED) is 0.716. The highest BCUT2D eigenvalue weighted by Gasteiger charge is 2.04. The molecule has 0 aliphatic rings. The Bertz CT molecular complexity index is 561. The largest absolute Gasteiger partial charge is 0.486 e. The first-order valence-electron chi connectivity index (χ1n) is 5.70. The average molecular weight is 387 g/mol. The van der Waals surface area contributed by atoms with Crippen molar-refractivity contribution < 1.29 is 9.47 Å². The molecule has 19 heavy (non-hydrogen) atoms. The van der Waals surface area contributed by atoms with Gasteiger partial charge < -0.3 is 9.47 Å². The van der Waals surface area contributed by atoms with Gasteiger partial charge in [0.25, 0.3) is 0 Å².